The van der Waals surface area contributed by atoms with Crippen LogP contribution in [-0.4, -0.2) is 35.8 Å². The molecule has 0 atom stereocenters. The van der Waals surface area contributed by atoms with Crippen LogP contribution < -0.4 is 16.4 Å². The molecule has 0 aromatic carbocycles. The van der Waals surface area contributed by atoms with Crippen LogP contribution >= 0.6 is 0 Å². The third-order valence-electron chi connectivity index (χ3n) is 2.35. The zero-order valence-corrected chi connectivity index (χ0v) is 11.3. The van der Waals surface area contributed by atoms with Gasteiger partial charge in [0.2, 0.25) is 5.95 Å². The number of nitrogens with two attached hydrogens (primary N) is 1. The van der Waals surface area contributed by atoms with Crippen LogP contribution in [0.25, 0.3) is 0 Å². The lowest BCUT2D eigenvalue weighted by atomic mass is 10.3. The van der Waals surface area contributed by atoms with Gasteiger partial charge in [-0.1, -0.05) is 13.3 Å². The molecule has 1 aromatic rings. The highest BCUT2D eigenvalue weighted by atomic mass is 16.5. The van der Waals surface area contributed by atoms with Gasteiger partial charge < -0.3 is 21.1 Å². The van der Waals surface area contributed by atoms with Gasteiger partial charge in [0, 0.05) is 13.1 Å². The predicted molar refractivity (Wildman–Crippen MR) is 73.9 cm³/mol. The zero-order valence-electron chi connectivity index (χ0n) is 11.3. The summed E-state index contributed by atoms with van der Waals surface area (Å²) < 4.78 is 4.92. The van der Waals surface area contributed by atoms with E-state index in [9.17, 15) is 4.79 Å². The summed E-state index contributed by atoms with van der Waals surface area (Å²) in [5.41, 5.74) is 5.78. The molecule has 4 N–H and O–H groups in total. The van der Waals surface area contributed by atoms with Crippen molar-refractivity contribution in [2.45, 2.75) is 19.8 Å². The smallest absolute Gasteiger partial charge is 0.407 e. The molecule has 0 aliphatic carbocycles. The van der Waals surface area contributed by atoms with Crippen molar-refractivity contribution >= 4 is 17.9 Å². The Kier molecular flexibility index (Phi) is 6.61. The van der Waals surface area contributed by atoms with E-state index in [1.54, 1.807) is 0 Å². The lowest BCUT2D eigenvalue weighted by molar-refractivity contribution is 0.145. The summed E-state index contributed by atoms with van der Waals surface area (Å²) >= 11 is 0. The lowest BCUT2D eigenvalue weighted by Crippen LogP contribution is -2.29. The number of nitriles is 1. The lowest BCUT2D eigenvalue weighted by Gasteiger charge is -2.08. The van der Waals surface area contributed by atoms with E-state index in [0.717, 1.165) is 12.8 Å². The fourth-order valence-corrected chi connectivity index (χ4v) is 1.27. The SMILES string of the molecule is CCCCOC(=O)NCCNc1ncc(C#N)c(N)n1. The van der Waals surface area contributed by atoms with Crippen LogP contribution in [0, 0.1) is 11.3 Å². The van der Waals surface area contributed by atoms with E-state index >= 15 is 0 Å². The van der Waals surface area contributed by atoms with Gasteiger partial charge in [-0.15, -0.1) is 0 Å². The molecule has 0 radical (unpaired) electrons. The molecule has 0 spiro atoms. The van der Waals surface area contributed by atoms with E-state index in [-0.39, 0.29) is 11.4 Å². The number of amides is 1. The van der Waals surface area contributed by atoms with Crippen LogP contribution in [0.5, 0.6) is 0 Å². The van der Waals surface area contributed by atoms with Crippen molar-refractivity contribution in [3.8, 4) is 6.07 Å². The minimum absolute atomic E-state index is 0.122. The Morgan fingerprint density at radius 2 is 2.35 bits per heavy atom. The molecule has 1 aromatic heterocycles. The van der Waals surface area contributed by atoms with E-state index in [4.69, 9.17) is 15.7 Å². The normalized spacial score (nSPS) is 9.60. The summed E-state index contributed by atoms with van der Waals surface area (Å²) in [6.07, 6.45) is 2.73. The highest BCUT2D eigenvalue weighted by Gasteiger charge is 2.03. The van der Waals surface area contributed by atoms with Crippen molar-refractivity contribution in [2.24, 2.45) is 0 Å². The molecule has 1 rings (SSSR count). The van der Waals surface area contributed by atoms with Crippen LogP contribution in [0.15, 0.2) is 6.20 Å². The molecule has 0 fully saturated rings. The maximum atomic E-state index is 11.2. The summed E-state index contributed by atoms with van der Waals surface area (Å²) in [4.78, 5) is 19.0. The van der Waals surface area contributed by atoms with Crippen molar-refractivity contribution in [1.29, 1.82) is 5.26 Å². The van der Waals surface area contributed by atoms with E-state index in [2.05, 4.69) is 20.6 Å². The molecule has 0 aliphatic rings. The van der Waals surface area contributed by atoms with Crippen LogP contribution in [0.3, 0.4) is 0 Å². The number of rotatable bonds is 7. The maximum absolute atomic E-state index is 11.2. The average molecular weight is 278 g/mol. The standard InChI is InChI=1S/C12H18N6O2/c1-2-3-6-20-12(19)16-5-4-15-11-17-8-9(7-13)10(14)18-11/h8H,2-6H2,1H3,(H,16,19)(H3,14,15,17,18). The number of nitrogen functional groups attached to an aromatic ring is 1. The van der Waals surface area contributed by atoms with Gasteiger partial charge in [0.1, 0.15) is 17.5 Å². The summed E-state index contributed by atoms with van der Waals surface area (Å²) in [6, 6.07) is 1.88. The number of hydrogen-bond acceptors (Lipinski definition) is 7. The first-order valence-electron chi connectivity index (χ1n) is 6.34. The topological polar surface area (TPSA) is 126 Å². The van der Waals surface area contributed by atoms with Crippen LogP contribution in [0.2, 0.25) is 0 Å². The molecule has 0 unspecified atom stereocenters. The van der Waals surface area contributed by atoms with Crippen molar-refractivity contribution < 1.29 is 9.53 Å². The fraction of sp³-hybridized carbons (Fsp3) is 0.500. The van der Waals surface area contributed by atoms with Gasteiger partial charge in [-0.25, -0.2) is 9.78 Å². The summed E-state index contributed by atoms with van der Waals surface area (Å²) in [7, 11) is 0. The van der Waals surface area contributed by atoms with Crippen LogP contribution in [0.1, 0.15) is 25.3 Å². The zero-order chi connectivity index (χ0) is 14.8. The Labute approximate surface area is 117 Å². The van der Waals surface area contributed by atoms with Gasteiger partial charge in [0.15, 0.2) is 0 Å². The van der Waals surface area contributed by atoms with Gasteiger partial charge >= 0.3 is 6.09 Å². The Bertz CT molecular complexity index is 485. The van der Waals surface area contributed by atoms with Crippen molar-refractivity contribution in [3.05, 3.63) is 11.8 Å². The number of hydrogen-bond donors (Lipinski definition) is 3. The molecule has 0 saturated carbocycles. The number of carbonyl (C=O) groups is 1. The molecule has 20 heavy (non-hydrogen) atoms. The molecule has 1 heterocycles. The van der Waals surface area contributed by atoms with Gasteiger partial charge in [-0.2, -0.15) is 10.2 Å². The predicted octanol–water partition coefficient (Wildman–Crippen LogP) is 0.869. The molecule has 8 nitrogen and oxygen atoms in total. The average Bonchev–Trinajstić information content (AvgIpc) is 2.44. The second-order valence-corrected chi connectivity index (χ2v) is 3.95. The van der Waals surface area contributed by atoms with Crippen molar-refractivity contribution in [3.63, 3.8) is 0 Å². The van der Waals surface area contributed by atoms with Crippen LogP contribution in [-0.2, 0) is 4.74 Å². The Morgan fingerprint density at radius 1 is 1.55 bits per heavy atom. The van der Waals surface area contributed by atoms with Gasteiger partial charge in [0.05, 0.1) is 12.8 Å². The third kappa shape index (κ3) is 5.39. The summed E-state index contributed by atoms with van der Waals surface area (Å²) in [6.45, 7) is 3.24. The van der Waals surface area contributed by atoms with E-state index in [1.165, 1.54) is 6.20 Å². The van der Waals surface area contributed by atoms with Gasteiger partial charge in [0.25, 0.3) is 0 Å². The first-order valence-corrected chi connectivity index (χ1v) is 6.34. The summed E-state index contributed by atoms with van der Waals surface area (Å²) in [5.74, 6) is 0.430. The number of alkyl carbamates (subject to hydrolysis) is 1. The Morgan fingerprint density at radius 3 is 3.00 bits per heavy atom. The maximum Gasteiger partial charge on any atom is 0.407 e. The van der Waals surface area contributed by atoms with E-state index < -0.39 is 6.09 Å². The highest BCUT2D eigenvalue weighted by molar-refractivity contribution is 5.67. The van der Waals surface area contributed by atoms with Gasteiger partial charge in [-0.05, 0) is 6.42 Å². The fourth-order valence-electron chi connectivity index (χ4n) is 1.27. The number of anilines is 2. The Balaban J connectivity index is 2.23. The molecule has 1 amide bonds. The first-order chi connectivity index (χ1) is 9.67. The molecule has 0 aliphatic heterocycles. The van der Waals surface area contributed by atoms with E-state index in [0.29, 0.717) is 25.6 Å². The monoisotopic (exact) mass is 278 g/mol. The molecular formula is C12H18N6O2. The highest BCUT2D eigenvalue weighted by Crippen LogP contribution is 2.07. The second-order valence-electron chi connectivity index (χ2n) is 3.95. The van der Waals surface area contributed by atoms with Gasteiger partial charge in [-0.3, -0.25) is 0 Å². The van der Waals surface area contributed by atoms with Crippen molar-refractivity contribution in [1.82, 2.24) is 15.3 Å². The summed E-state index contributed by atoms with van der Waals surface area (Å²) in [5, 5.41) is 14.1. The largest absolute Gasteiger partial charge is 0.450 e. The number of nitrogens with zero attached hydrogens (tertiary/aromatic N) is 3. The minimum Gasteiger partial charge on any atom is -0.450 e. The van der Waals surface area contributed by atoms with Crippen LogP contribution in [0.4, 0.5) is 16.6 Å². The number of carbonyl (C=O) groups excluding carboxylic acids is 1. The third-order valence-corrected chi connectivity index (χ3v) is 2.35. The number of aromatic nitrogens is 2. The molecule has 0 saturated heterocycles. The molecule has 0 bridgehead atoms. The minimum atomic E-state index is -0.444. The molecular weight excluding hydrogens is 260 g/mol. The van der Waals surface area contributed by atoms with E-state index in [1.807, 2.05) is 13.0 Å². The number of nitrogens with one attached hydrogen (secondary N) is 2. The van der Waals surface area contributed by atoms with Crippen molar-refractivity contribution in [2.75, 3.05) is 30.7 Å². The molecule has 8 heteroatoms. The number of ether oxygens (including phenoxy) is 1. The number of unbranched alkanes of at least 4 members (excludes halogenated alkanes) is 1. The first kappa shape index (κ1) is 15.5. The Hall–Kier alpha value is -2.56. The quantitative estimate of drug-likeness (QED) is 0.631. The second kappa shape index (κ2) is 8.53. The molecule has 108 valence electrons.